The van der Waals surface area contributed by atoms with Crippen LogP contribution in [0.1, 0.15) is 20.3 Å². The van der Waals surface area contributed by atoms with E-state index in [1.807, 2.05) is 0 Å². The summed E-state index contributed by atoms with van der Waals surface area (Å²) >= 11 is 0. The van der Waals surface area contributed by atoms with Crippen LogP contribution in [-0.2, 0) is 14.3 Å². The van der Waals surface area contributed by atoms with Gasteiger partial charge in [0.2, 0.25) is 5.91 Å². The minimum atomic E-state index is -4.43. The van der Waals surface area contributed by atoms with Gasteiger partial charge >= 0.3 is 12.1 Å². The van der Waals surface area contributed by atoms with Crippen molar-refractivity contribution in [1.29, 1.82) is 0 Å². The molecular weight excluding hydrogens is 253 g/mol. The number of alkyl halides is 3. The predicted octanol–water partition coefficient (Wildman–Crippen LogP) is 0.596. The highest BCUT2D eigenvalue weighted by Crippen LogP contribution is 2.12. The van der Waals surface area contributed by atoms with Gasteiger partial charge in [-0.1, -0.05) is 0 Å². The Morgan fingerprint density at radius 2 is 1.94 bits per heavy atom. The van der Waals surface area contributed by atoms with Gasteiger partial charge in [0.25, 0.3) is 0 Å². The molecule has 0 aromatic heterocycles. The van der Waals surface area contributed by atoms with Gasteiger partial charge in [-0.05, 0) is 13.8 Å². The molecule has 5 nitrogen and oxygen atoms in total. The maximum absolute atomic E-state index is 11.8. The molecule has 0 rings (SSSR count). The molecule has 0 saturated heterocycles. The molecule has 1 amide bonds. The molecule has 0 fully saturated rings. The molecule has 0 aromatic carbocycles. The fourth-order valence-electron chi connectivity index (χ4n) is 1.06. The number of hydrogen-bond acceptors (Lipinski definition) is 4. The van der Waals surface area contributed by atoms with E-state index in [1.54, 1.807) is 12.2 Å². The van der Waals surface area contributed by atoms with Crippen LogP contribution >= 0.6 is 0 Å². The molecule has 1 atom stereocenters. The van der Waals surface area contributed by atoms with Crippen molar-refractivity contribution in [3.8, 4) is 0 Å². The van der Waals surface area contributed by atoms with Crippen molar-refractivity contribution in [3.05, 3.63) is 0 Å². The fraction of sp³-hybridized carbons (Fsp3) is 0.800. The van der Waals surface area contributed by atoms with Gasteiger partial charge in [-0.2, -0.15) is 13.2 Å². The lowest BCUT2D eigenvalue weighted by molar-refractivity contribution is -0.143. The lowest BCUT2D eigenvalue weighted by Crippen LogP contribution is -2.45. The van der Waals surface area contributed by atoms with E-state index in [1.165, 1.54) is 6.92 Å². The lowest BCUT2D eigenvalue weighted by Gasteiger charge is -2.14. The molecule has 0 bridgehead atoms. The van der Waals surface area contributed by atoms with E-state index in [2.05, 4.69) is 10.1 Å². The van der Waals surface area contributed by atoms with Gasteiger partial charge in [-0.25, -0.2) is 0 Å². The summed E-state index contributed by atoms with van der Waals surface area (Å²) in [4.78, 5) is 22.1. The third kappa shape index (κ3) is 8.80. The Morgan fingerprint density at radius 1 is 1.33 bits per heavy atom. The maximum Gasteiger partial charge on any atom is 0.405 e. The van der Waals surface area contributed by atoms with Crippen LogP contribution < -0.4 is 10.6 Å². The van der Waals surface area contributed by atoms with E-state index < -0.39 is 30.6 Å². The summed E-state index contributed by atoms with van der Waals surface area (Å²) in [5.74, 6) is -1.19. The van der Waals surface area contributed by atoms with Crippen molar-refractivity contribution in [2.75, 3.05) is 19.7 Å². The van der Waals surface area contributed by atoms with Gasteiger partial charge in [0, 0.05) is 6.54 Å². The summed E-state index contributed by atoms with van der Waals surface area (Å²) in [6.07, 6.45) is -4.37. The van der Waals surface area contributed by atoms with Crippen LogP contribution in [-0.4, -0.2) is 43.8 Å². The highest BCUT2D eigenvalue weighted by atomic mass is 19.4. The molecule has 0 aliphatic heterocycles. The van der Waals surface area contributed by atoms with Gasteiger partial charge in [0.05, 0.1) is 19.1 Å². The molecule has 8 heteroatoms. The largest absolute Gasteiger partial charge is 0.466 e. The van der Waals surface area contributed by atoms with E-state index in [4.69, 9.17) is 0 Å². The van der Waals surface area contributed by atoms with Crippen molar-refractivity contribution in [1.82, 2.24) is 10.6 Å². The topological polar surface area (TPSA) is 67.4 Å². The number of amides is 1. The zero-order valence-corrected chi connectivity index (χ0v) is 10.3. The molecule has 0 heterocycles. The standard InChI is InChI=1S/C10H17F3N2O3/c1-3-18-8(16)4-5-14-7(2)9(17)15-6-10(11,12)13/h7,14H,3-6H2,1-2H3,(H,15,17). The minimum Gasteiger partial charge on any atom is -0.466 e. The Bertz CT molecular complexity index is 282. The minimum absolute atomic E-state index is 0.0602. The first kappa shape index (κ1) is 16.7. The zero-order chi connectivity index (χ0) is 14.2. The zero-order valence-electron chi connectivity index (χ0n) is 10.3. The van der Waals surface area contributed by atoms with E-state index in [-0.39, 0.29) is 19.6 Å². The van der Waals surface area contributed by atoms with Crippen LogP contribution in [0.15, 0.2) is 0 Å². The van der Waals surface area contributed by atoms with E-state index in [0.29, 0.717) is 0 Å². The quantitative estimate of drug-likeness (QED) is 0.665. The number of rotatable bonds is 7. The van der Waals surface area contributed by atoms with Gasteiger partial charge in [-0.15, -0.1) is 0 Å². The molecule has 0 saturated carbocycles. The predicted molar refractivity (Wildman–Crippen MR) is 57.8 cm³/mol. The smallest absolute Gasteiger partial charge is 0.405 e. The summed E-state index contributed by atoms with van der Waals surface area (Å²) < 4.78 is 40.1. The van der Waals surface area contributed by atoms with E-state index in [0.717, 1.165) is 0 Å². The molecule has 18 heavy (non-hydrogen) atoms. The third-order valence-electron chi connectivity index (χ3n) is 1.94. The number of hydrogen-bond donors (Lipinski definition) is 2. The van der Waals surface area contributed by atoms with Gasteiger partial charge in [0.15, 0.2) is 0 Å². The van der Waals surface area contributed by atoms with Crippen LogP contribution in [0.25, 0.3) is 0 Å². The molecule has 0 spiro atoms. The molecule has 106 valence electrons. The molecule has 0 radical (unpaired) electrons. The van der Waals surface area contributed by atoms with Crippen LogP contribution in [0.2, 0.25) is 0 Å². The number of nitrogens with one attached hydrogen (secondary N) is 2. The maximum atomic E-state index is 11.8. The second kappa shape index (κ2) is 7.91. The highest BCUT2D eigenvalue weighted by Gasteiger charge is 2.28. The van der Waals surface area contributed by atoms with Gasteiger partial charge < -0.3 is 15.4 Å². The molecule has 0 aliphatic carbocycles. The van der Waals surface area contributed by atoms with Crippen molar-refractivity contribution < 1.29 is 27.5 Å². The Morgan fingerprint density at radius 3 is 2.44 bits per heavy atom. The van der Waals surface area contributed by atoms with Gasteiger partial charge in [-0.3, -0.25) is 9.59 Å². The Kier molecular flexibility index (Phi) is 7.33. The first-order chi connectivity index (χ1) is 8.26. The van der Waals surface area contributed by atoms with E-state index >= 15 is 0 Å². The number of esters is 1. The van der Waals surface area contributed by atoms with Crippen LogP contribution in [0.3, 0.4) is 0 Å². The lowest BCUT2D eigenvalue weighted by atomic mass is 10.3. The second-order valence-corrected chi connectivity index (χ2v) is 3.56. The average molecular weight is 270 g/mol. The Labute approximate surface area is 103 Å². The average Bonchev–Trinajstić information content (AvgIpc) is 2.25. The molecule has 0 aliphatic rings. The van der Waals surface area contributed by atoms with Crippen LogP contribution in [0.4, 0.5) is 13.2 Å². The van der Waals surface area contributed by atoms with Crippen LogP contribution in [0.5, 0.6) is 0 Å². The number of carbonyl (C=O) groups is 2. The normalized spacial score (nSPS) is 12.9. The number of ether oxygens (including phenoxy) is 1. The Balaban J connectivity index is 3.78. The molecule has 2 N–H and O–H groups in total. The highest BCUT2D eigenvalue weighted by molar-refractivity contribution is 5.81. The fourth-order valence-corrected chi connectivity index (χ4v) is 1.06. The second-order valence-electron chi connectivity index (χ2n) is 3.56. The van der Waals surface area contributed by atoms with Crippen molar-refractivity contribution in [3.63, 3.8) is 0 Å². The SMILES string of the molecule is CCOC(=O)CCNC(C)C(=O)NCC(F)(F)F. The van der Waals surface area contributed by atoms with Crippen molar-refractivity contribution in [2.24, 2.45) is 0 Å². The number of carbonyl (C=O) groups excluding carboxylic acids is 2. The van der Waals surface area contributed by atoms with Crippen molar-refractivity contribution in [2.45, 2.75) is 32.5 Å². The van der Waals surface area contributed by atoms with Crippen LogP contribution in [0, 0.1) is 0 Å². The molecule has 1 unspecified atom stereocenters. The first-order valence-corrected chi connectivity index (χ1v) is 5.49. The summed E-state index contributed by atoms with van der Waals surface area (Å²) in [6, 6.07) is -0.804. The summed E-state index contributed by atoms with van der Waals surface area (Å²) in [5, 5.41) is 4.37. The number of halogens is 3. The van der Waals surface area contributed by atoms with Gasteiger partial charge in [0.1, 0.15) is 6.54 Å². The van der Waals surface area contributed by atoms with Crippen molar-refractivity contribution >= 4 is 11.9 Å². The molecular formula is C10H17F3N2O3. The van der Waals surface area contributed by atoms with E-state index in [9.17, 15) is 22.8 Å². The first-order valence-electron chi connectivity index (χ1n) is 5.49. The summed E-state index contributed by atoms with van der Waals surface area (Å²) in [6.45, 7) is 2.14. The monoisotopic (exact) mass is 270 g/mol. The summed E-state index contributed by atoms with van der Waals surface area (Å²) in [5.41, 5.74) is 0. The third-order valence-corrected chi connectivity index (χ3v) is 1.94. The summed E-state index contributed by atoms with van der Waals surface area (Å²) in [7, 11) is 0. The Hall–Kier alpha value is -1.31. The molecule has 0 aromatic rings.